The fourth-order valence-corrected chi connectivity index (χ4v) is 5.29. The van der Waals surface area contributed by atoms with Crippen LogP contribution < -0.4 is 0 Å². The Hall–Kier alpha value is -1.31. The van der Waals surface area contributed by atoms with Gasteiger partial charge in [-0.3, -0.25) is 0 Å². The highest BCUT2D eigenvalue weighted by molar-refractivity contribution is 7.21. The van der Waals surface area contributed by atoms with E-state index in [9.17, 15) is 0 Å². The summed E-state index contributed by atoms with van der Waals surface area (Å²) in [6, 6.07) is 9.07. The summed E-state index contributed by atoms with van der Waals surface area (Å²) in [4.78, 5) is 2.37. The predicted molar refractivity (Wildman–Crippen MR) is 118 cm³/mol. The topological polar surface area (TPSA) is 0 Å². The molecule has 2 heterocycles. The number of rotatable bonds is 0. The number of hydrogen-bond acceptors (Lipinski definition) is 2. The zero-order valence-corrected chi connectivity index (χ0v) is 18.8. The summed E-state index contributed by atoms with van der Waals surface area (Å²) in [5.41, 5.74) is 6.92. The Morgan fingerprint density at radius 2 is 1.00 bits per heavy atom. The van der Waals surface area contributed by atoms with Gasteiger partial charge in [-0.05, 0) is 35.0 Å². The van der Waals surface area contributed by atoms with Gasteiger partial charge in [-0.15, -0.1) is 33.8 Å². The zero-order valence-electron chi connectivity index (χ0n) is 15.1. The van der Waals surface area contributed by atoms with Crippen molar-refractivity contribution < 1.29 is 0 Å². The van der Waals surface area contributed by atoms with Gasteiger partial charge in [0.05, 0.1) is 9.75 Å². The molecule has 0 spiro atoms. The Balaban J connectivity index is 2.01. The summed E-state index contributed by atoms with van der Waals surface area (Å²) >= 11 is 3.61. The van der Waals surface area contributed by atoms with E-state index in [0.717, 1.165) is 0 Å². The molecule has 0 atom stereocenters. The molecule has 122 valence electrons. The summed E-state index contributed by atoms with van der Waals surface area (Å²) in [7, 11) is -2.64. The van der Waals surface area contributed by atoms with Gasteiger partial charge in [-0.2, -0.15) is 0 Å². The van der Waals surface area contributed by atoms with Gasteiger partial charge >= 0.3 is 0 Å². The van der Waals surface area contributed by atoms with Crippen LogP contribution in [0.25, 0.3) is 20.2 Å². The lowest BCUT2D eigenvalue weighted by atomic mass is 10.2. The molecule has 4 heteroatoms. The monoisotopic (exact) mass is 382 g/mol. The van der Waals surface area contributed by atoms with E-state index in [1.165, 1.54) is 29.9 Å². The van der Waals surface area contributed by atoms with Gasteiger partial charge in [-0.25, -0.2) is 0 Å². The van der Waals surface area contributed by atoms with Crippen molar-refractivity contribution in [1.82, 2.24) is 0 Å². The maximum absolute atomic E-state index is 3.46. The van der Waals surface area contributed by atoms with Gasteiger partial charge < -0.3 is 0 Å². The molecule has 0 saturated heterocycles. The lowest BCUT2D eigenvalue weighted by Crippen LogP contribution is -2.16. The Kier molecular flexibility index (Phi) is 4.53. The zero-order chi connectivity index (χ0) is 17.5. The fraction of sp³-hybridized carbons (Fsp3) is 0.300. The second-order valence-corrected chi connectivity index (χ2v) is 19.8. The molecule has 24 heavy (non-hydrogen) atoms. The molecule has 0 fully saturated rings. The number of thiophene rings is 2. The van der Waals surface area contributed by atoms with Crippen LogP contribution in [0.15, 0.2) is 24.3 Å². The van der Waals surface area contributed by atoms with Gasteiger partial charge in [0.15, 0.2) is 0 Å². The van der Waals surface area contributed by atoms with Crippen molar-refractivity contribution in [3.63, 3.8) is 0 Å². The van der Waals surface area contributed by atoms with Crippen molar-refractivity contribution in [2.45, 2.75) is 39.3 Å². The quantitative estimate of drug-likeness (QED) is 0.304. The van der Waals surface area contributed by atoms with E-state index in [-0.39, 0.29) is 0 Å². The Morgan fingerprint density at radius 3 is 1.33 bits per heavy atom. The van der Waals surface area contributed by atoms with Gasteiger partial charge in [-0.1, -0.05) is 51.1 Å². The first-order chi connectivity index (χ1) is 11.1. The van der Waals surface area contributed by atoms with Crippen molar-refractivity contribution in [3.8, 4) is 22.9 Å². The number of benzene rings is 1. The van der Waals surface area contributed by atoms with Crippen molar-refractivity contribution in [2.75, 3.05) is 0 Å². The van der Waals surface area contributed by atoms with Crippen LogP contribution in [0.3, 0.4) is 0 Å². The molecule has 3 aromatic rings. The first-order valence-electron chi connectivity index (χ1n) is 8.13. The first-order valence-corrected chi connectivity index (χ1v) is 16.8. The SMILES string of the molecule is C[Si](C)(C)C#Cc1cc2cc3sc(C#C[Si](C)(C)C)cc3cc2s1. The lowest BCUT2D eigenvalue weighted by molar-refractivity contribution is 1.81. The minimum absolute atomic E-state index is 1.18. The van der Waals surface area contributed by atoms with Crippen LogP contribution in [0.4, 0.5) is 0 Å². The van der Waals surface area contributed by atoms with E-state index in [1.807, 2.05) is 0 Å². The molecule has 1 aromatic carbocycles. The van der Waals surface area contributed by atoms with Crippen LogP contribution in [0.2, 0.25) is 39.3 Å². The molecule has 0 bridgehead atoms. The van der Waals surface area contributed by atoms with Gasteiger partial charge in [0, 0.05) is 9.40 Å². The Morgan fingerprint density at radius 1 is 0.625 bits per heavy atom. The normalized spacial score (nSPS) is 11.9. The molecule has 0 aliphatic carbocycles. The van der Waals surface area contributed by atoms with Crippen molar-refractivity contribution >= 4 is 59.0 Å². The third kappa shape index (κ3) is 4.40. The van der Waals surface area contributed by atoms with Crippen LogP contribution >= 0.6 is 22.7 Å². The summed E-state index contributed by atoms with van der Waals surface area (Å²) < 4.78 is 2.65. The third-order valence-electron chi connectivity index (χ3n) is 3.28. The Bertz CT molecular complexity index is 900. The molecule has 0 aliphatic rings. The van der Waals surface area contributed by atoms with Gasteiger partial charge in [0.25, 0.3) is 0 Å². The summed E-state index contributed by atoms with van der Waals surface area (Å²) in [5.74, 6) is 6.77. The molecule has 0 saturated carbocycles. The average Bonchev–Trinajstić information content (AvgIpc) is 3.00. The highest BCUT2D eigenvalue weighted by Gasteiger charge is 2.10. The van der Waals surface area contributed by atoms with E-state index in [1.54, 1.807) is 22.7 Å². The average molecular weight is 383 g/mol. The van der Waals surface area contributed by atoms with Gasteiger partial charge in [0.2, 0.25) is 0 Å². The Labute approximate surface area is 154 Å². The van der Waals surface area contributed by atoms with E-state index in [0.29, 0.717) is 0 Å². The second kappa shape index (κ2) is 6.20. The van der Waals surface area contributed by atoms with Crippen LogP contribution in [-0.2, 0) is 0 Å². The van der Waals surface area contributed by atoms with E-state index in [2.05, 4.69) is 86.5 Å². The fourth-order valence-electron chi connectivity index (χ4n) is 2.19. The number of fused-ring (bicyclic) bond motifs is 2. The standard InChI is InChI=1S/C20H22S2Si2/c1-23(2,3)9-7-17-11-15-13-20-16(14-19(15)21-17)12-18(22-20)8-10-24(4,5)6/h11-14H,1-6H3. The highest BCUT2D eigenvalue weighted by Crippen LogP contribution is 2.33. The molecule has 0 unspecified atom stereocenters. The minimum atomic E-state index is -1.32. The van der Waals surface area contributed by atoms with Crippen molar-refractivity contribution in [1.29, 1.82) is 0 Å². The van der Waals surface area contributed by atoms with Crippen molar-refractivity contribution in [3.05, 3.63) is 34.0 Å². The minimum Gasteiger partial charge on any atom is -0.127 e. The second-order valence-electron chi connectivity index (χ2n) is 8.15. The molecule has 0 amide bonds. The third-order valence-corrected chi connectivity index (χ3v) is 7.05. The first kappa shape index (κ1) is 17.5. The molecule has 0 aliphatic heterocycles. The van der Waals surface area contributed by atoms with E-state index < -0.39 is 16.1 Å². The smallest absolute Gasteiger partial charge is 0.127 e. The molecule has 2 aromatic heterocycles. The summed E-state index contributed by atoms with van der Waals surface area (Å²) in [6.45, 7) is 13.7. The van der Waals surface area contributed by atoms with Crippen LogP contribution in [0.1, 0.15) is 9.75 Å². The lowest BCUT2D eigenvalue weighted by Gasteiger charge is -2.02. The predicted octanol–water partition coefficient (Wildman–Crippen LogP) is 6.57. The highest BCUT2D eigenvalue weighted by atomic mass is 32.1. The molecular weight excluding hydrogens is 361 g/mol. The molecule has 0 N–H and O–H groups in total. The maximum Gasteiger partial charge on any atom is 0.129 e. The summed E-state index contributed by atoms with van der Waals surface area (Å²) in [5, 5.41) is 2.61. The van der Waals surface area contributed by atoms with Gasteiger partial charge in [0.1, 0.15) is 16.1 Å². The maximum atomic E-state index is 3.46. The van der Waals surface area contributed by atoms with E-state index >= 15 is 0 Å². The summed E-state index contributed by atoms with van der Waals surface area (Å²) in [6.07, 6.45) is 0. The number of hydrogen-bond donors (Lipinski definition) is 0. The van der Waals surface area contributed by atoms with E-state index in [4.69, 9.17) is 0 Å². The molecule has 3 rings (SSSR count). The molecular formula is C20H22S2Si2. The van der Waals surface area contributed by atoms with Crippen LogP contribution in [0, 0.1) is 22.9 Å². The largest absolute Gasteiger partial charge is 0.129 e. The molecule has 0 nitrogen and oxygen atoms in total. The van der Waals surface area contributed by atoms with Crippen molar-refractivity contribution in [2.24, 2.45) is 0 Å². The van der Waals surface area contributed by atoms with Crippen LogP contribution in [-0.4, -0.2) is 16.1 Å². The van der Waals surface area contributed by atoms with Crippen LogP contribution in [0.5, 0.6) is 0 Å². The molecule has 0 radical (unpaired) electrons.